The molecule has 0 atom stereocenters. The third kappa shape index (κ3) is 5.49. The van der Waals surface area contributed by atoms with E-state index in [1.807, 2.05) is 19.2 Å². The number of carbonyl (C=O) groups is 1. The van der Waals surface area contributed by atoms with Gasteiger partial charge in [-0.25, -0.2) is 19.7 Å². The molecular formula is C20H20F3N7OS. The predicted octanol–water partition coefficient (Wildman–Crippen LogP) is 3.94. The maximum atomic E-state index is 12.6. The molecule has 1 aromatic carbocycles. The van der Waals surface area contributed by atoms with Crippen molar-refractivity contribution < 1.29 is 18.0 Å². The number of aromatic nitrogens is 4. The molecule has 2 aromatic heterocycles. The van der Waals surface area contributed by atoms with E-state index < -0.39 is 5.51 Å². The summed E-state index contributed by atoms with van der Waals surface area (Å²) in [6.07, 6.45) is 5.15. The van der Waals surface area contributed by atoms with Crippen molar-refractivity contribution in [2.75, 3.05) is 36.4 Å². The van der Waals surface area contributed by atoms with E-state index in [2.05, 4.69) is 25.2 Å². The Kier molecular flexibility index (Phi) is 6.21. The number of halogens is 3. The number of hydrogen-bond acceptors (Lipinski definition) is 6. The number of imidazole rings is 1. The van der Waals surface area contributed by atoms with Crippen molar-refractivity contribution in [3.05, 3.63) is 54.9 Å². The van der Waals surface area contributed by atoms with Gasteiger partial charge in [-0.05, 0) is 43.0 Å². The molecule has 8 nitrogen and oxygen atoms in total. The summed E-state index contributed by atoms with van der Waals surface area (Å²) in [6.45, 7) is 3.98. The molecule has 3 aromatic rings. The maximum absolute atomic E-state index is 12.6. The van der Waals surface area contributed by atoms with Crippen LogP contribution in [0.1, 0.15) is 5.82 Å². The Hall–Kier alpha value is -3.28. The number of benzene rings is 1. The highest BCUT2D eigenvalue weighted by atomic mass is 32.2. The first-order valence-electron chi connectivity index (χ1n) is 9.77. The largest absolute Gasteiger partial charge is 0.446 e. The molecule has 1 aliphatic rings. The summed E-state index contributed by atoms with van der Waals surface area (Å²) in [5.41, 5.74) is -3.90. The molecule has 0 bridgehead atoms. The highest BCUT2D eigenvalue weighted by molar-refractivity contribution is 8.00. The standard InChI is InChI=1S/C20H20F3N7OS/c1-14-25-17(12-18(26-14)30-7-6-24-13-30)28-8-10-29(11-9-28)19(31)27-15-2-4-16(5-3-15)32-20(21,22)23/h2-7,12-13H,8-11H2,1H3,(H,27,31). The van der Waals surface area contributed by atoms with Crippen LogP contribution in [0.2, 0.25) is 0 Å². The number of nitrogens with zero attached hydrogens (tertiary/aromatic N) is 6. The molecule has 2 amide bonds. The summed E-state index contributed by atoms with van der Waals surface area (Å²) in [7, 11) is 0. The molecule has 4 rings (SSSR count). The molecular weight excluding hydrogens is 443 g/mol. The summed E-state index contributed by atoms with van der Waals surface area (Å²) in [6, 6.07) is 7.18. The minimum Gasteiger partial charge on any atom is -0.353 e. The molecule has 12 heteroatoms. The molecule has 1 aliphatic heterocycles. The zero-order valence-corrected chi connectivity index (χ0v) is 17.9. The number of alkyl halides is 3. The number of nitrogens with one attached hydrogen (secondary N) is 1. The molecule has 1 fully saturated rings. The van der Waals surface area contributed by atoms with Gasteiger partial charge in [0.25, 0.3) is 0 Å². The topological polar surface area (TPSA) is 79.2 Å². The van der Waals surface area contributed by atoms with Crippen molar-refractivity contribution in [2.45, 2.75) is 17.3 Å². The van der Waals surface area contributed by atoms with Crippen LogP contribution >= 0.6 is 11.8 Å². The number of piperazine rings is 1. The lowest BCUT2D eigenvalue weighted by Gasteiger charge is -2.35. The van der Waals surface area contributed by atoms with E-state index in [0.29, 0.717) is 37.7 Å². The molecule has 1 saturated heterocycles. The van der Waals surface area contributed by atoms with Crippen molar-refractivity contribution >= 4 is 29.3 Å². The third-order valence-corrected chi connectivity index (χ3v) is 5.55. The van der Waals surface area contributed by atoms with Gasteiger partial charge in [0.1, 0.15) is 23.8 Å². The molecule has 3 heterocycles. The quantitative estimate of drug-likeness (QED) is 0.591. The molecule has 1 N–H and O–H groups in total. The minimum atomic E-state index is -4.34. The van der Waals surface area contributed by atoms with Crippen molar-refractivity contribution in [1.82, 2.24) is 24.4 Å². The summed E-state index contributed by atoms with van der Waals surface area (Å²) in [5, 5.41) is 2.74. The van der Waals surface area contributed by atoms with Gasteiger partial charge in [-0.3, -0.25) is 4.57 Å². The minimum absolute atomic E-state index is 0.0688. The predicted molar refractivity (Wildman–Crippen MR) is 115 cm³/mol. The Morgan fingerprint density at radius 2 is 1.75 bits per heavy atom. The normalized spacial score (nSPS) is 14.5. The van der Waals surface area contributed by atoms with Crippen molar-refractivity contribution in [3.8, 4) is 5.82 Å². The van der Waals surface area contributed by atoms with Crippen LogP contribution in [-0.2, 0) is 0 Å². The van der Waals surface area contributed by atoms with Gasteiger partial charge in [0.2, 0.25) is 0 Å². The summed E-state index contributed by atoms with van der Waals surface area (Å²) in [4.78, 5) is 29.4. The first kappa shape index (κ1) is 21.9. The second-order valence-corrected chi connectivity index (χ2v) is 8.22. The fourth-order valence-corrected chi connectivity index (χ4v) is 3.85. The maximum Gasteiger partial charge on any atom is 0.446 e. The lowest BCUT2D eigenvalue weighted by Crippen LogP contribution is -2.50. The first-order chi connectivity index (χ1) is 15.3. The Labute approximate surface area is 186 Å². The number of rotatable bonds is 4. The molecule has 0 aliphatic carbocycles. The van der Waals surface area contributed by atoms with E-state index >= 15 is 0 Å². The van der Waals surface area contributed by atoms with E-state index in [1.165, 1.54) is 24.3 Å². The van der Waals surface area contributed by atoms with Crippen LogP contribution in [0.4, 0.5) is 29.5 Å². The van der Waals surface area contributed by atoms with Gasteiger partial charge in [-0.15, -0.1) is 0 Å². The average Bonchev–Trinajstić information content (AvgIpc) is 3.29. The van der Waals surface area contributed by atoms with E-state index in [0.717, 1.165) is 11.6 Å². The Morgan fingerprint density at radius 1 is 1.06 bits per heavy atom. The number of thioether (sulfide) groups is 1. The highest BCUT2D eigenvalue weighted by Crippen LogP contribution is 2.37. The smallest absolute Gasteiger partial charge is 0.353 e. The van der Waals surface area contributed by atoms with E-state index in [1.54, 1.807) is 22.0 Å². The lowest BCUT2D eigenvalue weighted by molar-refractivity contribution is -0.0328. The summed E-state index contributed by atoms with van der Waals surface area (Å²) >= 11 is -0.188. The molecule has 168 valence electrons. The summed E-state index contributed by atoms with van der Waals surface area (Å²) < 4.78 is 39.1. The Balaban J connectivity index is 1.34. The SMILES string of the molecule is Cc1nc(N2CCN(C(=O)Nc3ccc(SC(F)(F)F)cc3)CC2)cc(-n2ccnc2)n1. The van der Waals surface area contributed by atoms with Gasteiger partial charge < -0.3 is 15.1 Å². The molecule has 32 heavy (non-hydrogen) atoms. The van der Waals surface area contributed by atoms with Gasteiger partial charge in [-0.1, -0.05) is 0 Å². The third-order valence-electron chi connectivity index (χ3n) is 4.81. The Morgan fingerprint density at radius 3 is 2.38 bits per heavy atom. The fourth-order valence-electron chi connectivity index (χ4n) is 3.31. The van der Waals surface area contributed by atoms with Crippen LogP contribution < -0.4 is 10.2 Å². The first-order valence-corrected chi connectivity index (χ1v) is 10.6. The lowest BCUT2D eigenvalue weighted by atomic mass is 10.3. The van der Waals surface area contributed by atoms with Crippen LogP contribution in [0, 0.1) is 6.92 Å². The molecule has 0 saturated carbocycles. The zero-order chi connectivity index (χ0) is 22.7. The number of urea groups is 1. The number of carbonyl (C=O) groups excluding carboxylic acids is 1. The number of anilines is 2. The van der Waals surface area contributed by atoms with E-state index in [-0.39, 0.29) is 22.7 Å². The number of aryl methyl sites for hydroxylation is 1. The average molecular weight is 463 g/mol. The molecule has 0 unspecified atom stereocenters. The van der Waals surface area contributed by atoms with Crippen molar-refractivity contribution in [2.24, 2.45) is 0 Å². The van der Waals surface area contributed by atoms with Gasteiger partial charge in [0, 0.05) is 55.2 Å². The van der Waals surface area contributed by atoms with Crippen molar-refractivity contribution in [3.63, 3.8) is 0 Å². The molecule has 0 spiro atoms. The number of amides is 2. The van der Waals surface area contributed by atoms with Crippen LogP contribution in [0.25, 0.3) is 5.82 Å². The van der Waals surface area contributed by atoms with Crippen LogP contribution in [-0.4, -0.2) is 62.1 Å². The van der Waals surface area contributed by atoms with Gasteiger partial charge in [0.05, 0.1) is 0 Å². The fraction of sp³-hybridized carbons (Fsp3) is 0.300. The van der Waals surface area contributed by atoms with Crippen LogP contribution in [0.5, 0.6) is 0 Å². The summed E-state index contributed by atoms with van der Waals surface area (Å²) in [5.74, 6) is 2.13. The van der Waals surface area contributed by atoms with Gasteiger partial charge in [0.15, 0.2) is 0 Å². The van der Waals surface area contributed by atoms with Crippen LogP contribution in [0.3, 0.4) is 0 Å². The van der Waals surface area contributed by atoms with Gasteiger partial charge in [-0.2, -0.15) is 13.2 Å². The second-order valence-electron chi connectivity index (χ2n) is 7.08. The zero-order valence-electron chi connectivity index (χ0n) is 17.1. The van der Waals surface area contributed by atoms with E-state index in [4.69, 9.17) is 0 Å². The van der Waals surface area contributed by atoms with Crippen molar-refractivity contribution in [1.29, 1.82) is 0 Å². The van der Waals surface area contributed by atoms with Crippen LogP contribution in [0.15, 0.2) is 53.9 Å². The molecule has 0 radical (unpaired) electrons. The number of hydrogen-bond donors (Lipinski definition) is 1. The monoisotopic (exact) mass is 463 g/mol. The van der Waals surface area contributed by atoms with Gasteiger partial charge >= 0.3 is 11.5 Å². The highest BCUT2D eigenvalue weighted by Gasteiger charge is 2.29. The second kappa shape index (κ2) is 9.07. The van der Waals surface area contributed by atoms with E-state index in [9.17, 15) is 18.0 Å². The Bertz CT molecular complexity index is 1070.